The van der Waals surface area contributed by atoms with Crippen molar-refractivity contribution in [2.75, 3.05) is 13.1 Å². The van der Waals surface area contributed by atoms with Crippen LogP contribution in [0, 0.1) is 6.92 Å². The summed E-state index contributed by atoms with van der Waals surface area (Å²) in [5.41, 5.74) is 4.25. The molecule has 1 atom stereocenters. The number of rotatable bonds is 5. The van der Waals surface area contributed by atoms with Crippen molar-refractivity contribution in [3.05, 3.63) is 64.7 Å². The summed E-state index contributed by atoms with van der Waals surface area (Å²) >= 11 is 0. The zero-order chi connectivity index (χ0) is 22.9. The fourth-order valence-electron chi connectivity index (χ4n) is 4.87. The van der Waals surface area contributed by atoms with Gasteiger partial charge in [0, 0.05) is 32.4 Å². The molecule has 3 aromatic rings. The molecular weight excluding hydrogens is 418 g/mol. The second-order valence-electron chi connectivity index (χ2n) is 8.85. The number of aryl methyl sites for hydroxylation is 2. The van der Waals surface area contributed by atoms with E-state index in [0.717, 1.165) is 31.5 Å². The van der Waals surface area contributed by atoms with Crippen LogP contribution in [-0.4, -0.2) is 65.5 Å². The Hall–Kier alpha value is -3.49. The first-order chi connectivity index (χ1) is 16.0. The van der Waals surface area contributed by atoms with Crippen LogP contribution in [0.4, 0.5) is 0 Å². The summed E-state index contributed by atoms with van der Waals surface area (Å²) in [7, 11) is 0. The third-order valence-electron chi connectivity index (χ3n) is 6.71. The normalized spacial score (nSPS) is 17.9. The van der Waals surface area contributed by atoms with Crippen LogP contribution in [0.15, 0.2) is 36.7 Å². The molecule has 1 unspecified atom stereocenters. The van der Waals surface area contributed by atoms with Crippen molar-refractivity contribution >= 4 is 11.8 Å². The standard InChI is InChI=1S/C24H29N7O2/c1-3-29-15-21(17(2)26-29)23(32)31-11-6-9-20(31)14-30-16-22(25-27-30)24(33)28-12-10-18-7-4-5-8-19(18)13-28/h4-5,7-8,15-16,20H,3,6,9-14H2,1-2H3. The lowest BCUT2D eigenvalue weighted by atomic mass is 10.00. The molecule has 0 aliphatic carbocycles. The molecule has 2 amide bonds. The maximum absolute atomic E-state index is 13.2. The van der Waals surface area contributed by atoms with Gasteiger partial charge in [0.2, 0.25) is 0 Å². The van der Waals surface area contributed by atoms with E-state index in [2.05, 4.69) is 27.5 Å². The molecule has 4 heterocycles. The average molecular weight is 448 g/mol. The van der Waals surface area contributed by atoms with Crippen molar-refractivity contribution in [2.45, 2.75) is 58.8 Å². The highest BCUT2D eigenvalue weighted by molar-refractivity contribution is 5.95. The van der Waals surface area contributed by atoms with Crippen LogP contribution in [0.3, 0.4) is 0 Å². The Bertz CT molecular complexity index is 1180. The molecular formula is C24H29N7O2. The molecule has 0 spiro atoms. The van der Waals surface area contributed by atoms with E-state index >= 15 is 0 Å². The number of hydrogen-bond donors (Lipinski definition) is 0. The van der Waals surface area contributed by atoms with Gasteiger partial charge in [0.1, 0.15) is 0 Å². The number of carbonyl (C=O) groups is 2. The number of fused-ring (bicyclic) bond motifs is 1. The number of carbonyl (C=O) groups excluding carboxylic acids is 2. The average Bonchev–Trinajstić information content (AvgIpc) is 3.58. The molecule has 33 heavy (non-hydrogen) atoms. The number of benzene rings is 1. The Kier molecular flexibility index (Phi) is 5.70. The number of aromatic nitrogens is 5. The highest BCUT2D eigenvalue weighted by Gasteiger charge is 2.32. The van der Waals surface area contributed by atoms with Crippen LogP contribution in [-0.2, 0) is 26.1 Å². The number of nitrogens with zero attached hydrogens (tertiary/aromatic N) is 7. The van der Waals surface area contributed by atoms with Crippen LogP contribution in [0.1, 0.15) is 57.4 Å². The second-order valence-corrected chi connectivity index (χ2v) is 8.85. The van der Waals surface area contributed by atoms with Gasteiger partial charge in [0.25, 0.3) is 11.8 Å². The Morgan fingerprint density at radius 2 is 1.88 bits per heavy atom. The Morgan fingerprint density at radius 3 is 2.67 bits per heavy atom. The largest absolute Gasteiger partial charge is 0.334 e. The van der Waals surface area contributed by atoms with Crippen molar-refractivity contribution in [2.24, 2.45) is 0 Å². The quantitative estimate of drug-likeness (QED) is 0.599. The zero-order valence-electron chi connectivity index (χ0n) is 19.1. The van der Waals surface area contributed by atoms with Crippen LogP contribution >= 0.6 is 0 Å². The molecule has 1 fully saturated rings. The van der Waals surface area contributed by atoms with Gasteiger partial charge in [-0.1, -0.05) is 29.5 Å². The molecule has 0 N–H and O–H groups in total. The summed E-state index contributed by atoms with van der Waals surface area (Å²) in [4.78, 5) is 29.9. The van der Waals surface area contributed by atoms with Crippen LogP contribution in [0.2, 0.25) is 0 Å². The number of likely N-dealkylation sites (tertiary alicyclic amines) is 1. The molecule has 1 saturated heterocycles. The van der Waals surface area contributed by atoms with Gasteiger partial charge in [-0.15, -0.1) is 5.10 Å². The molecule has 2 aliphatic heterocycles. The van der Waals surface area contributed by atoms with Crippen LogP contribution in [0.5, 0.6) is 0 Å². The van der Waals surface area contributed by atoms with Crippen LogP contribution in [0.25, 0.3) is 0 Å². The van der Waals surface area contributed by atoms with Gasteiger partial charge in [-0.2, -0.15) is 5.10 Å². The zero-order valence-corrected chi connectivity index (χ0v) is 19.1. The van der Waals surface area contributed by atoms with Crippen LogP contribution < -0.4 is 0 Å². The summed E-state index contributed by atoms with van der Waals surface area (Å²) in [5, 5.41) is 12.8. The number of hydrogen-bond acceptors (Lipinski definition) is 5. The highest BCUT2D eigenvalue weighted by atomic mass is 16.2. The topological polar surface area (TPSA) is 89.2 Å². The van der Waals surface area contributed by atoms with Gasteiger partial charge >= 0.3 is 0 Å². The van der Waals surface area contributed by atoms with E-state index in [9.17, 15) is 9.59 Å². The minimum atomic E-state index is -0.0993. The smallest absolute Gasteiger partial charge is 0.276 e. The maximum atomic E-state index is 13.2. The molecule has 9 nitrogen and oxygen atoms in total. The van der Waals surface area contributed by atoms with Gasteiger partial charge in [0.15, 0.2) is 5.69 Å². The molecule has 0 saturated carbocycles. The van der Waals surface area contributed by atoms with Gasteiger partial charge in [0.05, 0.1) is 30.0 Å². The van der Waals surface area contributed by atoms with Gasteiger partial charge in [-0.05, 0) is 44.2 Å². The molecule has 9 heteroatoms. The summed E-state index contributed by atoms with van der Waals surface area (Å²) < 4.78 is 3.49. The number of amides is 2. The molecule has 0 radical (unpaired) electrons. The molecule has 2 aliphatic rings. The molecule has 2 aromatic heterocycles. The lowest BCUT2D eigenvalue weighted by Crippen LogP contribution is -2.38. The van der Waals surface area contributed by atoms with Gasteiger partial charge in [-0.3, -0.25) is 14.3 Å². The van der Waals surface area contributed by atoms with E-state index in [4.69, 9.17) is 0 Å². The molecule has 1 aromatic carbocycles. The Balaban J connectivity index is 1.26. The van der Waals surface area contributed by atoms with Crippen molar-refractivity contribution in [3.8, 4) is 0 Å². The summed E-state index contributed by atoms with van der Waals surface area (Å²) in [6.07, 6.45) is 6.24. The first kappa shape index (κ1) is 21.4. The third kappa shape index (κ3) is 4.15. The monoisotopic (exact) mass is 447 g/mol. The van der Waals surface area contributed by atoms with Crippen molar-refractivity contribution < 1.29 is 9.59 Å². The van der Waals surface area contributed by atoms with E-state index in [-0.39, 0.29) is 17.9 Å². The third-order valence-corrected chi connectivity index (χ3v) is 6.71. The lowest BCUT2D eigenvalue weighted by Gasteiger charge is -2.28. The fraction of sp³-hybridized carbons (Fsp3) is 0.458. The fourth-order valence-corrected chi connectivity index (χ4v) is 4.87. The van der Waals surface area contributed by atoms with E-state index < -0.39 is 0 Å². The van der Waals surface area contributed by atoms with Gasteiger partial charge in [-0.25, -0.2) is 4.68 Å². The summed E-state index contributed by atoms with van der Waals surface area (Å²) in [6, 6.07) is 8.26. The summed E-state index contributed by atoms with van der Waals surface area (Å²) in [5.74, 6) is -0.0872. The molecule has 5 rings (SSSR count). The molecule has 0 bridgehead atoms. The Labute approximate surface area is 193 Å². The Morgan fingerprint density at radius 1 is 1.06 bits per heavy atom. The van der Waals surface area contributed by atoms with E-state index in [1.165, 1.54) is 11.1 Å². The van der Waals surface area contributed by atoms with Gasteiger partial charge < -0.3 is 9.80 Å². The lowest BCUT2D eigenvalue weighted by molar-refractivity contribution is 0.0714. The van der Waals surface area contributed by atoms with Crippen molar-refractivity contribution in [3.63, 3.8) is 0 Å². The van der Waals surface area contributed by atoms with Crippen molar-refractivity contribution in [1.29, 1.82) is 0 Å². The predicted octanol–water partition coefficient (Wildman–Crippen LogP) is 2.31. The van der Waals surface area contributed by atoms with E-state index in [0.29, 0.717) is 37.4 Å². The first-order valence-electron chi connectivity index (χ1n) is 11.6. The SMILES string of the molecule is CCn1cc(C(=O)N2CCCC2Cn2cc(C(=O)N3CCc4ccccc4C3)nn2)c(C)n1. The first-order valence-corrected chi connectivity index (χ1v) is 11.6. The maximum Gasteiger partial charge on any atom is 0.276 e. The minimum absolute atomic E-state index is 0.0121. The van der Waals surface area contributed by atoms with E-state index in [1.807, 2.05) is 42.0 Å². The second kappa shape index (κ2) is 8.80. The predicted molar refractivity (Wildman–Crippen MR) is 122 cm³/mol. The highest BCUT2D eigenvalue weighted by Crippen LogP contribution is 2.23. The molecule has 172 valence electrons. The van der Waals surface area contributed by atoms with Crippen molar-refractivity contribution in [1.82, 2.24) is 34.6 Å². The minimum Gasteiger partial charge on any atom is -0.334 e. The summed E-state index contributed by atoms with van der Waals surface area (Å²) in [6.45, 7) is 7.12. The van der Waals surface area contributed by atoms with E-state index in [1.54, 1.807) is 15.6 Å².